The van der Waals surface area contributed by atoms with Crippen LogP contribution in [-0.2, 0) is 22.8 Å². The number of nitrogens with zero attached hydrogens (tertiary/aromatic N) is 3. The predicted molar refractivity (Wildman–Crippen MR) is 131 cm³/mol. The number of hydrazone groups is 2. The van der Waals surface area contributed by atoms with Crippen LogP contribution in [0.2, 0.25) is 0 Å². The zero-order chi connectivity index (χ0) is 24.3. The summed E-state index contributed by atoms with van der Waals surface area (Å²) in [6.45, 7) is 0.643. The molecule has 0 atom stereocenters. The molecule has 0 spiro atoms. The van der Waals surface area contributed by atoms with Gasteiger partial charge in [0.2, 0.25) is 11.8 Å². The Labute approximate surface area is 202 Å². The minimum atomic E-state index is -0.268. The molecule has 0 saturated heterocycles. The SMILES string of the molecule is O=C1CCCC(=O)N/N=C\c2ccc(cc2)OCc2cccc(n2)COc2ccc(cc2)/C=N\N1. The molecular weight excluding hydrogens is 446 g/mol. The van der Waals surface area contributed by atoms with E-state index in [4.69, 9.17) is 9.47 Å². The first-order chi connectivity index (χ1) is 17.1. The van der Waals surface area contributed by atoms with Crippen LogP contribution in [0.1, 0.15) is 41.8 Å². The zero-order valence-electron chi connectivity index (χ0n) is 19.0. The largest absolute Gasteiger partial charge is 0.487 e. The maximum Gasteiger partial charge on any atom is 0.240 e. The fraction of sp³-hybridized carbons (Fsp3) is 0.192. The van der Waals surface area contributed by atoms with E-state index in [0.29, 0.717) is 31.1 Å². The molecule has 0 radical (unpaired) electrons. The monoisotopic (exact) mass is 471 g/mol. The number of benzene rings is 2. The van der Waals surface area contributed by atoms with Crippen LogP contribution in [0.3, 0.4) is 0 Å². The Hall–Kier alpha value is -4.53. The van der Waals surface area contributed by atoms with E-state index in [-0.39, 0.29) is 24.7 Å². The average Bonchev–Trinajstić information content (AvgIpc) is 2.87. The smallest absolute Gasteiger partial charge is 0.240 e. The average molecular weight is 472 g/mol. The normalized spacial score (nSPS) is 16.9. The Morgan fingerprint density at radius 3 is 1.54 bits per heavy atom. The van der Waals surface area contributed by atoms with Gasteiger partial charge in [-0.15, -0.1) is 0 Å². The van der Waals surface area contributed by atoms with Gasteiger partial charge in [0.1, 0.15) is 24.7 Å². The highest BCUT2D eigenvalue weighted by Gasteiger charge is 2.05. The topological polar surface area (TPSA) is 114 Å². The number of pyridine rings is 1. The molecule has 35 heavy (non-hydrogen) atoms. The lowest BCUT2D eigenvalue weighted by molar-refractivity contribution is -0.122. The highest BCUT2D eigenvalue weighted by atomic mass is 16.5. The number of aromatic nitrogens is 1. The number of ether oxygens (including phenoxy) is 2. The van der Waals surface area contributed by atoms with E-state index in [1.807, 2.05) is 66.7 Å². The van der Waals surface area contributed by atoms with Gasteiger partial charge in [-0.2, -0.15) is 10.2 Å². The highest BCUT2D eigenvalue weighted by Crippen LogP contribution is 2.15. The Kier molecular flexibility index (Phi) is 8.15. The van der Waals surface area contributed by atoms with Crippen molar-refractivity contribution in [2.45, 2.75) is 32.5 Å². The molecule has 0 fully saturated rings. The summed E-state index contributed by atoms with van der Waals surface area (Å²) in [5.41, 5.74) is 8.12. The Balaban J connectivity index is 1.46. The molecule has 2 amide bonds. The summed E-state index contributed by atoms with van der Waals surface area (Å²) in [5.74, 6) is 0.850. The van der Waals surface area contributed by atoms with Gasteiger partial charge in [0, 0.05) is 12.8 Å². The molecule has 2 N–H and O–H groups in total. The van der Waals surface area contributed by atoms with Crippen molar-refractivity contribution in [3.63, 3.8) is 0 Å². The van der Waals surface area contributed by atoms with Gasteiger partial charge in [0.05, 0.1) is 23.8 Å². The van der Waals surface area contributed by atoms with E-state index >= 15 is 0 Å². The lowest BCUT2D eigenvalue weighted by Crippen LogP contribution is -2.20. The van der Waals surface area contributed by atoms with Crippen molar-refractivity contribution < 1.29 is 19.1 Å². The molecule has 2 aromatic carbocycles. The van der Waals surface area contributed by atoms with E-state index in [1.54, 1.807) is 12.4 Å². The lowest BCUT2D eigenvalue weighted by Gasteiger charge is -2.09. The molecular formula is C26H25N5O4. The van der Waals surface area contributed by atoms with Gasteiger partial charge in [-0.05, 0) is 78.2 Å². The van der Waals surface area contributed by atoms with Crippen molar-refractivity contribution in [1.29, 1.82) is 0 Å². The summed E-state index contributed by atoms with van der Waals surface area (Å²) in [6.07, 6.45) is 3.84. The van der Waals surface area contributed by atoms with Crippen molar-refractivity contribution in [2.75, 3.05) is 0 Å². The second-order valence-electron chi connectivity index (χ2n) is 7.78. The van der Waals surface area contributed by atoms with Gasteiger partial charge in [0.25, 0.3) is 0 Å². The number of amides is 2. The van der Waals surface area contributed by atoms with Gasteiger partial charge in [-0.25, -0.2) is 10.9 Å². The number of rotatable bonds is 0. The Morgan fingerprint density at radius 2 is 1.09 bits per heavy atom. The van der Waals surface area contributed by atoms with Crippen molar-refractivity contribution in [1.82, 2.24) is 15.8 Å². The third-order valence-corrected chi connectivity index (χ3v) is 5.01. The molecule has 3 aromatic rings. The van der Waals surface area contributed by atoms with E-state index in [0.717, 1.165) is 22.5 Å². The van der Waals surface area contributed by atoms with Gasteiger partial charge >= 0.3 is 0 Å². The summed E-state index contributed by atoms with van der Waals surface area (Å²) in [7, 11) is 0. The van der Waals surface area contributed by atoms with Crippen LogP contribution >= 0.6 is 0 Å². The maximum absolute atomic E-state index is 11.9. The van der Waals surface area contributed by atoms with Crippen molar-refractivity contribution in [3.8, 4) is 11.5 Å². The second-order valence-corrected chi connectivity index (χ2v) is 7.78. The fourth-order valence-corrected chi connectivity index (χ4v) is 3.18. The molecule has 4 aliphatic rings. The molecule has 0 saturated carbocycles. The van der Waals surface area contributed by atoms with Gasteiger partial charge in [-0.3, -0.25) is 14.6 Å². The van der Waals surface area contributed by atoms with Crippen LogP contribution in [0.4, 0.5) is 0 Å². The Bertz CT molecular complexity index is 1120. The molecule has 7 rings (SSSR count). The highest BCUT2D eigenvalue weighted by molar-refractivity contribution is 5.84. The molecule has 9 nitrogen and oxygen atoms in total. The summed E-state index contributed by atoms with van der Waals surface area (Å²) in [4.78, 5) is 28.4. The maximum atomic E-state index is 11.9. The third-order valence-electron chi connectivity index (χ3n) is 5.01. The first kappa shape index (κ1) is 23.6. The summed E-state index contributed by atoms with van der Waals surface area (Å²) in [6, 6.07) is 20.4. The summed E-state index contributed by atoms with van der Waals surface area (Å²) < 4.78 is 11.7. The summed E-state index contributed by atoms with van der Waals surface area (Å²) in [5, 5.41) is 7.92. The van der Waals surface area contributed by atoms with E-state index in [1.165, 1.54) is 0 Å². The van der Waals surface area contributed by atoms with Gasteiger partial charge < -0.3 is 9.47 Å². The van der Waals surface area contributed by atoms with Crippen LogP contribution in [-0.4, -0.2) is 29.2 Å². The fourth-order valence-electron chi connectivity index (χ4n) is 3.18. The number of nitrogens with one attached hydrogen (secondary N) is 2. The molecule has 9 heteroatoms. The van der Waals surface area contributed by atoms with Crippen molar-refractivity contribution in [2.24, 2.45) is 10.2 Å². The minimum absolute atomic E-state index is 0.179. The first-order valence-corrected chi connectivity index (χ1v) is 11.2. The standard InChI is InChI=1S/C26H25N5O4/c32-25-5-2-6-26(33)31-28-16-20-9-13-24(14-10-20)35-18-22-4-1-3-21(29-22)17-34-23-11-7-19(8-12-23)15-27-30-25/h1,3-4,7-16H,2,5-6,17-18H2,(H,30,32)(H,31,33)/b27-15-,28-16-. The predicted octanol–water partition coefficient (Wildman–Crippen LogP) is 3.32. The molecule has 0 aliphatic carbocycles. The minimum Gasteiger partial charge on any atom is -0.487 e. The summed E-state index contributed by atoms with van der Waals surface area (Å²) >= 11 is 0. The van der Waals surface area contributed by atoms with Crippen LogP contribution in [0.5, 0.6) is 11.5 Å². The molecule has 178 valence electrons. The van der Waals surface area contributed by atoms with Crippen LogP contribution < -0.4 is 20.3 Å². The Morgan fingerprint density at radius 1 is 0.629 bits per heavy atom. The van der Waals surface area contributed by atoms with Crippen LogP contribution in [0.15, 0.2) is 76.9 Å². The molecule has 0 unspecified atom stereocenters. The first-order valence-electron chi connectivity index (χ1n) is 11.2. The van der Waals surface area contributed by atoms with E-state index < -0.39 is 0 Å². The van der Waals surface area contributed by atoms with Gasteiger partial charge in [-0.1, -0.05) is 6.07 Å². The molecule has 5 heterocycles. The number of hydrogen-bond acceptors (Lipinski definition) is 7. The number of carbonyl (C=O) groups excluding carboxylic acids is 2. The molecule has 4 aliphatic heterocycles. The van der Waals surface area contributed by atoms with Crippen LogP contribution in [0, 0.1) is 0 Å². The number of hydrogen-bond donors (Lipinski definition) is 2. The lowest BCUT2D eigenvalue weighted by atomic mass is 10.2. The van der Waals surface area contributed by atoms with Crippen molar-refractivity contribution in [3.05, 3.63) is 89.2 Å². The van der Waals surface area contributed by atoms with Crippen LogP contribution in [0.25, 0.3) is 0 Å². The quantitative estimate of drug-likeness (QED) is 0.522. The second kappa shape index (κ2) is 12.1. The molecule has 6 bridgehead atoms. The zero-order valence-corrected chi connectivity index (χ0v) is 19.0. The van der Waals surface area contributed by atoms with Gasteiger partial charge in [0.15, 0.2) is 0 Å². The molecule has 1 aromatic heterocycles. The van der Waals surface area contributed by atoms with Crippen molar-refractivity contribution >= 4 is 24.2 Å². The third kappa shape index (κ3) is 7.78. The number of carbonyl (C=O) groups is 2. The van der Waals surface area contributed by atoms with E-state index in [9.17, 15) is 9.59 Å². The van der Waals surface area contributed by atoms with E-state index in [2.05, 4.69) is 26.0 Å².